The summed E-state index contributed by atoms with van der Waals surface area (Å²) < 4.78 is 5.69. The van der Waals surface area contributed by atoms with Crippen LogP contribution in [0.5, 0.6) is 0 Å². The molecule has 1 heterocycles. The van der Waals surface area contributed by atoms with Crippen LogP contribution in [-0.4, -0.2) is 30.0 Å². The fourth-order valence-electron chi connectivity index (χ4n) is 2.64. The Hall–Kier alpha value is -1.96. The van der Waals surface area contributed by atoms with Crippen molar-refractivity contribution in [2.24, 2.45) is 5.73 Å². The second-order valence-electron chi connectivity index (χ2n) is 6.84. The highest BCUT2D eigenvalue weighted by Crippen LogP contribution is 2.16. The van der Waals surface area contributed by atoms with Crippen LogP contribution in [0.2, 0.25) is 0 Å². The van der Waals surface area contributed by atoms with Crippen LogP contribution in [0.15, 0.2) is 24.4 Å². The number of aryl methyl sites for hydroxylation is 1. The van der Waals surface area contributed by atoms with Gasteiger partial charge in [-0.3, -0.25) is 0 Å². The van der Waals surface area contributed by atoms with Gasteiger partial charge < -0.3 is 20.9 Å². The number of ether oxygens (including phenoxy) is 1. The molecule has 0 aliphatic carbocycles. The third kappa shape index (κ3) is 5.92. The van der Waals surface area contributed by atoms with Crippen molar-refractivity contribution in [1.29, 1.82) is 0 Å². The smallest absolute Gasteiger partial charge is 0.120 e. The highest BCUT2D eigenvalue weighted by Gasteiger charge is 2.12. The molecular weight excluding hydrogens is 300 g/mol. The van der Waals surface area contributed by atoms with E-state index in [1.165, 1.54) is 6.42 Å². The number of benzene rings is 1. The Bertz CT molecular complexity index is 642. The van der Waals surface area contributed by atoms with Crippen molar-refractivity contribution in [2.75, 3.05) is 13.2 Å². The molecule has 24 heavy (non-hydrogen) atoms. The van der Waals surface area contributed by atoms with E-state index in [-0.39, 0.29) is 6.10 Å². The molecule has 2 rings (SSSR count). The third-order valence-electron chi connectivity index (χ3n) is 3.93. The van der Waals surface area contributed by atoms with Gasteiger partial charge in [0.2, 0.25) is 0 Å². The molecule has 1 saturated heterocycles. The number of nitrogens with two attached hydrogens (primary N) is 1. The van der Waals surface area contributed by atoms with Crippen molar-refractivity contribution >= 4 is 5.70 Å². The molecule has 130 valence electrons. The van der Waals surface area contributed by atoms with Crippen LogP contribution in [0.4, 0.5) is 0 Å². The van der Waals surface area contributed by atoms with E-state index in [0.29, 0.717) is 5.70 Å². The molecule has 0 radical (unpaired) electrons. The lowest BCUT2D eigenvalue weighted by Gasteiger charge is -2.22. The van der Waals surface area contributed by atoms with E-state index >= 15 is 0 Å². The summed E-state index contributed by atoms with van der Waals surface area (Å²) in [5, 5.41) is 12.9. The first kappa shape index (κ1) is 18.4. The van der Waals surface area contributed by atoms with Crippen LogP contribution in [-0.2, 0) is 4.74 Å². The second kappa shape index (κ2) is 8.23. The maximum absolute atomic E-state index is 9.67. The second-order valence-corrected chi connectivity index (χ2v) is 6.84. The third-order valence-corrected chi connectivity index (χ3v) is 3.93. The van der Waals surface area contributed by atoms with E-state index in [4.69, 9.17) is 10.5 Å². The Morgan fingerprint density at radius 1 is 1.46 bits per heavy atom. The highest BCUT2D eigenvalue weighted by molar-refractivity contribution is 5.66. The lowest BCUT2D eigenvalue weighted by Crippen LogP contribution is -2.29. The fourth-order valence-corrected chi connectivity index (χ4v) is 2.64. The summed E-state index contributed by atoms with van der Waals surface area (Å²) in [5.74, 6) is 5.80. The zero-order chi connectivity index (χ0) is 17.6. The van der Waals surface area contributed by atoms with Crippen molar-refractivity contribution in [1.82, 2.24) is 5.32 Å². The SMILES string of the molecule is Cc1cc(C#CC(C)(C)O)ccc1/C(N)=C/NCC1CCCCO1. The molecule has 0 saturated carbocycles. The molecular formula is C20H28N2O2. The van der Waals surface area contributed by atoms with Gasteiger partial charge in [-0.2, -0.15) is 0 Å². The van der Waals surface area contributed by atoms with Gasteiger partial charge in [0.05, 0.1) is 11.8 Å². The average Bonchev–Trinajstić information content (AvgIpc) is 2.53. The van der Waals surface area contributed by atoms with Gasteiger partial charge in [-0.1, -0.05) is 17.9 Å². The lowest BCUT2D eigenvalue weighted by molar-refractivity contribution is 0.0188. The fraction of sp³-hybridized carbons (Fsp3) is 0.500. The van der Waals surface area contributed by atoms with E-state index in [2.05, 4.69) is 17.2 Å². The van der Waals surface area contributed by atoms with Crippen molar-refractivity contribution in [3.8, 4) is 11.8 Å². The zero-order valence-corrected chi connectivity index (χ0v) is 14.9. The molecule has 1 aliphatic heterocycles. The minimum Gasteiger partial charge on any atom is -0.397 e. The normalized spacial score (nSPS) is 18.7. The summed E-state index contributed by atoms with van der Waals surface area (Å²) in [6.07, 6.45) is 5.63. The maximum atomic E-state index is 9.67. The van der Waals surface area contributed by atoms with E-state index < -0.39 is 5.60 Å². The summed E-state index contributed by atoms with van der Waals surface area (Å²) >= 11 is 0. The molecule has 0 amide bonds. The molecule has 1 aliphatic rings. The Morgan fingerprint density at radius 3 is 2.88 bits per heavy atom. The summed E-state index contributed by atoms with van der Waals surface area (Å²) in [5.41, 5.74) is 8.81. The highest BCUT2D eigenvalue weighted by atomic mass is 16.5. The van der Waals surface area contributed by atoms with Gasteiger partial charge >= 0.3 is 0 Å². The Kier molecular flexibility index (Phi) is 6.30. The molecule has 4 nitrogen and oxygen atoms in total. The Balaban J connectivity index is 1.99. The number of aliphatic hydroxyl groups is 1. The number of rotatable bonds is 4. The van der Waals surface area contributed by atoms with Gasteiger partial charge in [-0.05, 0) is 57.7 Å². The predicted octanol–water partition coefficient (Wildman–Crippen LogP) is 2.53. The van der Waals surface area contributed by atoms with Crippen molar-refractivity contribution in [2.45, 2.75) is 51.7 Å². The van der Waals surface area contributed by atoms with Gasteiger partial charge in [-0.25, -0.2) is 0 Å². The minimum absolute atomic E-state index is 0.281. The van der Waals surface area contributed by atoms with Gasteiger partial charge in [0, 0.05) is 30.5 Å². The summed E-state index contributed by atoms with van der Waals surface area (Å²) in [7, 11) is 0. The molecule has 1 fully saturated rings. The molecule has 1 aromatic rings. The van der Waals surface area contributed by atoms with E-state index in [1.54, 1.807) is 13.8 Å². The summed E-state index contributed by atoms with van der Waals surface area (Å²) in [4.78, 5) is 0. The van der Waals surface area contributed by atoms with Gasteiger partial charge in [0.25, 0.3) is 0 Å². The molecule has 1 aromatic carbocycles. The average molecular weight is 328 g/mol. The zero-order valence-electron chi connectivity index (χ0n) is 14.9. The number of hydrogen-bond acceptors (Lipinski definition) is 4. The standard InChI is InChI=1S/C20H28N2O2/c1-15-12-16(9-10-20(2,3)23)7-8-18(15)19(21)14-22-13-17-6-4-5-11-24-17/h7-8,12,14,17,22-23H,4-6,11,13,21H2,1-3H3/b19-14-. The van der Waals surface area contributed by atoms with E-state index in [9.17, 15) is 5.11 Å². The molecule has 4 N–H and O–H groups in total. The molecule has 1 atom stereocenters. The van der Waals surface area contributed by atoms with Crippen LogP contribution in [0.3, 0.4) is 0 Å². The summed E-state index contributed by atoms with van der Waals surface area (Å²) in [6.45, 7) is 7.00. The first-order valence-corrected chi connectivity index (χ1v) is 8.52. The first-order valence-electron chi connectivity index (χ1n) is 8.52. The van der Waals surface area contributed by atoms with Gasteiger partial charge in [0.1, 0.15) is 5.60 Å². The quantitative estimate of drug-likeness (QED) is 0.743. The van der Waals surface area contributed by atoms with Crippen molar-refractivity contribution < 1.29 is 9.84 Å². The lowest BCUT2D eigenvalue weighted by atomic mass is 10.0. The van der Waals surface area contributed by atoms with E-state index in [1.807, 2.05) is 31.3 Å². The topological polar surface area (TPSA) is 67.5 Å². The van der Waals surface area contributed by atoms with Crippen molar-refractivity contribution in [3.05, 3.63) is 41.1 Å². The maximum Gasteiger partial charge on any atom is 0.120 e. The van der Waals surface area contributed by atoms with Gasteiger partial charge in [-0.15, -0.1) is 0 Å². The van der Waals surface area contributed by atoms with Gasteiger partial charge in [0.15, 0.2) is 0 Å². The summed E-state index contributed by atoms with van der Waals surface area (Å²) in [6, 6.07) is 5.87. The Morgan fingerprint density at radius 2 is 2.25 bits per heavy atom. The molecule has 0 spiro atoms. The molecule has 0 aromatic heterocycles. The largest absolute Gasteiger partial charge is 0.397 e. The molecule has 4 heteroatoms. The monoisotopic (exact) mass is 328 g/mol. The Labute approximate surface area is 145 Å². The van der Waals surface area contributed by atoms with Crippen LogP contribution in [0, 0.1) is 18.8 Å². The molecule has 1 unspecified atom stereocenters. The molecule has 0 bridgehead atoms. The number of nitrogens with one attached hydrogen (secondary N) is 1. The van der Waals surface area contributed by atoms with E-state index in [0.717, 1.165) is 42.7 Å². The van der Waals surface area contributed by atoms with Crippen LogP contribution >= 0.6 is 0 Å². The minimum atomic E-state index is -0.989. The first-order chi connectivity index (χ1) is 11.3. The predicted molar refractivity (Wildman–Crippen MR) is 98.1 cm³/mol. The number of hydrogen-bond donors (Lipinski definition) is 3. The van der Waals surface area contributed by atoms with Crippen LogP contribution in [0.1, 0.15) is 49.8 Å². The van der Waals surface area contributed by atoms with Crippen LogP contribution in [0.25, 0.3) is 5.70 Å². The van der Waals surface area contributed by atoms with Crippen molar-refractivity contribution in [3.63, 3.8) is 0 Å². The van der Waals surface area contributed by atoms with Crippen LogP contribution < -0.4 is 11.1 Å².